The maximum Gasteiger partial charge on any atom is 0.0979 e. The molecule has 0 saturated heterocycles. The number of nitrogens with zero attached hydrogens (tertiary/aromatic N) is 6. The van der Waals surface area contributed by atoms with E-state index < -0.39 is 0 Å². The van der Waals surface area contributed by atoms with Crippen LogP contribution in [0.4, 0.5) is 17.1 Å². The van der Waals surface area contributed by atoms with Crippen LogP contribution in [-0.4, -0.2) is 24.3 Å². The third-order valence-electron chi connectivity index (χ3n) is 7.85. The predicted octanol–water partition coefficient (Wildman–Crippen LogP) is 10.7. The lowest BCUT2D eigenvalue weighted by molar-refractivity contribution is 0.514. The monoisotopic (exact) mass is 589 g/mol. The second kappa shape index (κ2) is 16.5. The number of nitrogens with one attached hydrogen (secondary N) is 1. The van der Waals surface area contributed by atoms with Gasteiger partial charge in [-0.15, -0.1) is 0 Å². The first kappa shape index (κ1) is 32.5. The highest BCUT2D eigenvalue weighted by atomic mass is 15.3. The molecule has 2 aromatic rings. The molecule has 2 aliphatic rings. The predicted molar refractivity (Wildman–Crippen MR) is 187 cm³/mol. The summed E-state index contributed by atoms with van der Waals surface area (Å²) in [6, 6.07) is 14.7. The van der Waals surface area contributed by atoms with Crippen LogP contribution in [0.3, 0.4) is 0 Å². The van der Waals surface area contributed by atoms with Gasteiger partial charge in [-0.25, -0.2) is 0 Å². The summed E-state index contributed by atoms with van der Waals surface area (Å²) in [6.45, 7) is 12.5. The molecule has 0 aromatic heterocycles. The first-order chi connectivity index (χ1) is 21.4. The fraction of sp³-hybridized carbons (Fsp3) is 0.378. The summed E-state index contributed by atoms with van der Waals surface area (Å²) in [5.41, 5.74) is 11.4. The van der Waals surface area contributed by atoms with Crippen LogP contribution >= 0.6 is 0 Å². The van der Waals surface area contributed by atoms with Gasteiger partial charge in [-0.05, 0) is 113 Å². The molecule has 0 aliphatic heterocycles. The van der Waals surface area contributed by atoms with Crippen molar-refractivity contribution in [2.24, 2.45) is 25.6 Å². The van der Waals surface area contributed by atoms with Gasteiger partial charge < -0.3 is 4.90 Å². The van der Waals surface area contributed by atoms with E-state index in [0.29, 0.717) is 6.42 Å². The normalized spacial score (nSPS) is 20.6. The Morgan fingerprint density at radius 1 is 0.955 bits per heavy atom. The summed E-state index contributed by atoms with van der Waals surface area (Å²) in [4.78, 5) is 2.31. The van der Waals surface area contributed by atoms with E-state index in [1.807, 2.05) is 19.1 Å². The van der Waals surface area contributed by atoms with E-state index in [1.54, 1.807) is 0 Å². The molecule has 4 rings (SSSR count). The summed E-state index contributed by atoms with van der Waals surface area (Å²) in [5.74, 6) is 0. The van der Waals surface area contributed by atoms with Crippen molar-refractivity contribution >= 4 is 28.8 Å². The zero-order valence-electron chi connectivity index (χ0n) is 27.0. The van der Waals surface area contributed by atoms with Gasteiger partial charge in [0.25, 0.3) is 0 Å². The van der Waals surface area contributed by atoms with Gasteiger partial charge in [0.2, 0.25) is 0 Å². The van der Waals surface area contributed by atoms with Gasteiger partial charge in [0, 0.05) is 25.2 Å². The summed E-state index contributed by atoms with van der Waals surface area (Å²) >= 11 is 0. The van der Waals surface area contributed by atoms with Crippen LogP contribution in [0.25, 0.3) is 6.08 Å². The van der Waals surface area contributed by atoms with Crippen LogP contribution in [0.2, 0.25) is 0 Å². The molecule has 1 unspecified atom stereocenters. The largest absolute Gasteiger partial charge is 0.372 e. The average Bonchev–Trinajstić information content (AvgIpc) is 3.03. The molecule has 0 fully saturated rings. The zero-order chi connectivity index (χ0) is 31.2. The minimum atomic E-state index is -0.352. The maximum atomic E-state index is 4.69. The average molecular weight is 590 g/mol. The summed E-state index contributed by atoms with van der Waals surface area (Å²) in [6.07, 6.45) is 22.3. The van der Waals surface area contributed by atoms with Gasteiger partial charge >= 0.3 is 0 Å². The number of azo groups is 2. The topological polar surface area (TPSA) is 77.1 Å². The number of hydrogen-bond acceptors (Lipinski definition) is 7. The van der Waals surface area contributed by atoms with E-state index in [-0.39, 0.29) is 5.54 Å². The summed E-state index contributed by atoms with van der Waals surface area (Å²) < 4.78 is 0. The Balaban J connectivity index is 1.31. The molecule has 0 amide bonds. The second-order valence-corrected chi connectivity index (χ2v) is 11.4. The fourth-order valence-corrected chi connectivity index (χ4v) is 5.09. The highest BCUT2D eigenvalue weighted by Crippen LogP contribution is 2.27. The van der Waals surface area contributed by atoms with Crippen LogP contribution in [0.15, 0.2) is 122 Å². The molecule has 230 valence electrons. The number of hydrazone groups is 1. The summed E-state index contributed by atoms with van der Waals surface area (Å²) in [7, 11) is 0. The molecular weight excluding hydrogens is 542 g/mol. The Labute approximate surface area is 263 Å². The number of allylic oxidation sites excluding steroid dienone is 7. The number of rotatable bonds is 12. The van der Waals surface area contributed by atoms with E-state index in [4.69, 9.17) is 5.11 Å². The number of benzene rings is 2. The third kappa shape index (κ3) is 9.83. The molecule has 0 radical (unpaired) electrons. The molecule has 2 aromatic carbocycles. The number of fused-ring (bicyclic) bond motifs is 1. The molecule has 0 bridgehead atoms. The smallest absolute Gasteiger partial charge is 0.0979 e. The first-order valence-electron chi connectivity index (χ1n) is 15.9. The second-order valence-electron chi connectivity index (χ2n) is 11.4. The molecule has 0 spiro atoms. The van der Waals surface area contributed by atoms with Crippen LogP contribution in [0, 0.1) is 0 Å². The molecule has 2 aliphatic carbocycles. The first-order valence-corrected chi connectivity index (χ1v) is 15.9. The van der Waals surface area contributed by atoms with Crippen molar-refractivity contribution in [1.82, 2.24) is 0 Å². The molecule has 7 heteroatoms. The van der Waals surface area contributed by atoms with Crippen LogP contribution in [0.1, 0.15) is 77.8 Å². The Hall–Kier alpha value is -4.39. The van der Waals surface area contributed by atoms with E-state index in [9.17, 15) is 0 Å². The van der Waals surface area contributed by atoms with Gasteiger partial charge in [0.1, 0.15) is 0 Å². The Morgan fingerprint density at radius 2 is 1.77 bits per heavy atom. The van der Waals surface area contributed by atoms with Gasteiger partial charge in [-0.2, -0.15) is 25.6 Å². The SMILES string of the molecule is CC/C=C(\C/C=C(\C)N=NC1(C)C=CC(=NNc2ccc3c(c2)CCC=C/C=C\3)CC1)N=Nc1ccc(N(CC)CC)cc1. The Bertz CT molecular complexity index is 1480. The highest BCUT2D eigenvalue weighted by Gasteiger charge is 2.24. The third-order valence-corrected chi connectivity index (χ3v) is 7.85. The number of anilines is 2. The van der Waals surface area contributed by atoms with Crippen molar-refractivity contribution in [3.63, 3.8) is 0 Å². The lowest BCUT2D eigenvalue weighted by Crippen LogP contribution is -2.24. The summed E-state index contributed by atoms with van der Waals surface area (Å²) in [5, 5.41) is 22.9. The lowest BCUT2D eigenvalue weighted by Gasteiger charge is -2.23. The molecule has 0 heterocycles. The van der Waals surface area contributed by atoms with Crippen molar-refractivity contribution in [2.75, 3.05) is 23.4 Å². The number of hydrogen-bond donors (Lipinski definition) is 1. The van der Waals surface area contributed by atoms with Crippen molar-refractivity contribution in [1.29, 1.82) is 0 Å². The minimum absolute atomic E-state index is 0.352. The van der Waals surface area contributed by atoms with Gasteiger partial charge in [-0.1, -0.05) is 55.5 Å². The van der Waals surface area contributed by atoms with Gasteiger partial charge in [0.05, 0.1) is 34.0 Å². The Morgan fingerprint density at radius 3 is 2.50 bits per heavy atom. The molecule has 0 saturated carbocycles. The van der Waals surface area contributed by atoms with Crippen molar-refractivity contribution in [3.05, 3.63) is 108 Å². The highest BCUT2D eigenvalue weighted by molar-refractivity contribution is 5.96. The maximum absolute atomic E-state index is 4.69. The fourth-order valence-electron chi connectivity index (χ4n) is 5.09. The van der Waals surface area contributed by atoms with E-state index in [1.165, 1.54) is 16.8 Å². The van der Waals surface area contributed by atoms with Gasteiger partial charge in [-0.3, -0.25) is 5.43 Å². The molecule has 1 N–H and O–H groups in total. The Kier molecular flexibility index (Phi) is 12.2. The zero-order valence-corrected chi connectivity index (χ0v) is 27.0. The van der Waals surface area contributed by atoms with Crippen LogP contribution in [0.5, 0.6) is 0 Å². The van der Waals surface area contributed by atoms with Gasteiger partial charge in [0.15, 0.2) is 0 Å². The molecule has 7 nitrogen and oxygen atoms in total. The minimum Gasteiger partial charge on any atom is -0.372 e. The standard InChI is InChI=1S/C37H47N7/c1-6-13-32(39-40-33-20-22-36(23-21-33)44(7-2)8-3)18-16-29(4)38-43-37(5)26-24-34(25-27-37)41-42-35-19-17-30-14-11-9-10-12-15-31(30)28-35/h9-11,13-14,16-17,19-24,26,28,42H,6-8,12,15,18,25,27H2,1-5H3/b10-9?,14-11-,29-16+,32-13+,40-39?,41-34?,43-38?. The van der Waals surface area contributed by atoms with E-state index in [0.717, 1.165) is 73.7 Å². The van der Waals surface area contributed by atoms with Crippen molar-refractivity contribution in [3.8, 4) is 0 Å². The number of aryl methyl sites for hydroxylation is 1. The molecule has 44 heavy (non-hydrogen) atoms. The van der Waals surface area contributed by atoms with E-state index >= 15 is 0 Å². The lowest BCUT2D eigenvalue weighted by atomic mass is 9.89. The molecule has 1 atom stereocenters. The van der Waals surface area contributed by atoms with Crippen molar-refractivity contribution < 1.29 is 0 Å². The van der Waals surface area contributed by atoms with E-state index in [2.05, 4.69) is 137 Å². The quantitative estimate of drug-likeness (QED) is 0.197. The van der Waals surface area contributed by atoms with Crippen molar-refractivity contribution in [2.45, 2.75) is 78.7 Å². The van der Waals surface area contributed by atoms with Crippen LogP contribution in [-0.2, 0) is 6.42 Å². The molecular formula is C37H47N7. The van der Waals surface area contributed by atoms with Crippen LogP contribution < -0.4 is 10.3 Å².